The minimum atomic E-state index is -0.725. The van der Waals surface area contributed by atoms with Crippen molar-refractivity contribution in [2.75, 3.05) is 13.1 Å². The summed E-state index contributed by atoms with van der Waals surface area (Å²) in [7, 11) is 0. The number of benzene rings is 1. The van der Waals surface area contributed by atoms with Crippen LogP contribution in [0.15, 0.2) is 30.3 Å². The van der Waals surface area contributed by atoms with Crippen LogP contribution in [0.25, 0.3) is 0 Å². The fraction of sp³-hybridized carbons (Fsp3) is 0.562. The minimum absolute atomic E-state index is 0.204. The van der Waals surface area contributed by atoms with Crippen molar-refractivity contribution < 1.29 is 9.90 Å². The summed E-state index contributed by atoms with van der Waals surface area (Å²) in [6.45, 7) is 8.05. The number of carboxylic acid groups (broad SMARTS) is 1. The quantitative estimate of drug-likeness (QED) is 0.779. The Bertz CT molecular complexity index is 376. The summed E-state index contributed by atoms with van der Waals surface area (Å²) in [5.74, 6) is -0.191. The van der Waals surface area contributed by atoms with Crippen molar-refractivity contribution in [2.24, 2.45) is 5.92 Å². The van der Waals surface area contributed by atoms with Crippen LogP contribution in [0.1, 0.15) is 45.2 Å². The molecule has 0 spiro atoms. The molecule has 0 saturated heterocycles. The molecule has 3 nitrogen and oxygen atoms in total. The molecule has 0 fully saturated rings. The van der Waals surface area contributed by atoms with Crippen LogP contribution >= 0.6 is 0 Å². The van der Waals surface area contributed by atoms with Crippen molar-refractivity contribution in [3.05, 3.63) is 35.9 Å². The maximum Gasteiger partial charge on any atom is 0.304 e. The van der Waals surface area contributed by atoms with Gasteiger partial charge in [-0.2, -0.15) is 0 Å². The minimum Gasteiger partial charge on any atom is -0.481 e. The monoisotopic (exact) mass is 263 g/mol. The molecule has 1 unspecified atom stereocenters. The first-order valence-electron chi connectivity index (χ1n) is 7.05. The summed E-state index contributed by atoms with van der Waals surface area (Å²) in [5.41, 5.74) is 1.27. The average Bonchev–Trinajstić information content (AvgIpc) is 2.37. The third kappa shape index (κ3) is 5.43. The Hall–Kier alpha value is -1.35. The van der Waals surface area contributed by atoms with E-state index in [0.29, 0.717) is 18.5 Å². The maximum absolute atomic E-state index is 10.8. The molecule has 1 aromatic carbocycles. The second-order valence-corrected chi connectivity index (χ2v) is 5.37. The van der Waals surface area contributed by atoms with Gasteiger partial charge in [0.25, 0.3) is 0 Å². The smallest absolute Gasteiger partial charge is 0.304 e. The van der Waals surface area contributed by atoms with Gasteiger partial charge in [-0.15, -0.1) is 0 Å². The van der Waals surface area contributed by atoms with Gasteiger partial charge in [-0.3, -0.25) is 9.69 Å². The van der Waals surface area contributed by atoms with Gasteiger partial charge in [-0.05, 0) is 17.9 Å². The van der Waals surface area contributed by atoms with Gasteiger partial charge in [-0.25, -0.2) is 0 Å². The number of rotatable bonds is 8. The predicted octanol–water partition coefficient (Wildman–Crippen LogP) is 3.57. The molecule has 0 radical (unpaired) electrons. The molecule has 19 heavy (non-hydrogen) atoms. The van der Waals surface area contributed by atoms with Crippen molar-refractivity contribution in [1.82, 2.24) is 4.90 Å². The highest BCUT2D eigenvalue weighted by molar-refractivity contribution is 5.66. The summed E-state index contributed by atoms with van der Waals surface area (Å²) in [6, 6.07) is 10.7. The summed E-state index contributed by atoms with van der Waals surface area (Å²) in [6.07, 6.45) is 1.20. The molecule has 0 heterocycles. The van der Waals surface area contributed by atoms with Crippen LogP contribution in [0.2, 0.25) is 0 Å². The van der Waals surface area contributed by atoms with E-state index in [9.17, 15) is 4.79 Å². The van der Waals surface area contributed by atoms with Crippen molar-refractivity contribution in [2.45, 2.75) is 39.7 Å². The lowest BCUT2D eigenvalue weighted by atomic mass is 10.0. The summed E-state index contributed by atoms with van der Waals surface area (Å²) >= 11 is 0. The van der Waals surface area contributed by atoms with Gasteiger partial charge >= 0.3 is 5.97 Å². The molecule has 0 aliphatic heterocycles. The van der Waals surface area contributed by atoms with Crippen molar-refractivity contribution >= 4 is 5.97 Å². The molecule has 0 aliphatic carbocycles. The van der Waals surface area contributed by atoms with E-state index in [1.165, 1.54) is 5.56 Å². The zero-order valence-corrected chi connectivity index (χ0v) is 12.2. The molecule has 0 amide bonds. The van der Waals surface area contributed by atoms with Gasteiger partial charge in [0.15, 0.2) is 0 Å². The first-order chi connectivity index (χ1) is 9.04. The number of hydrogen-bond donors (Lipinski definition) is 1. The van der Waals surface area contributed by atoms with Crippen LogP contribution in [0.4, 0.5) is 0 Å². The van der Waals surface area contributed by atoms with Crippen molar-refractivity contribution in [1.29, 1.82) is 0 Å². The number of nitrogens with zero attached hydrogens (tertiary/aromatic N) is 1. The van der Waals surface area contributed by atoms with Gasteiger partial charge in [0.1, 0.15) is 0 Å². The Kier molecular flexibility index (Phi) is 6.57. The second kappa shape index (κ2) is 7.95. The molecule has 3 heteroatoms. The van der Waals surface area contributed by atoms with Crippen LogP contribution in [-0.2, 0) is 4.79 Å². The van der Waals surface area contributed by atoms with Crippen LogP contribution in [0.5, 0.6) is 0 Å². The van der Waals surface area contributed by atoms with E-state index in [1.807, 2.05) is 18.2 Å². The lowest BCUT2D eigenvalue weighted by molar-refractivity contribution is -0.137. The Morgan fingerprint density at radius 1 is 1.26 bits per heavy atom. The van der Waals surface area contributed by atoms with E-state index >= 15 is 0 Å². The molecule has 0 bridgehead atoms. The lowest BCUT2D eigenvalue weighted by Crippen LogP contribution is -2.33. The fourth-order valence-corrected chi connectivity index (χ4v) is 2.46. The Morgan fingerprint density at radius 3 is 2.37 bits per heavy atom. The molecule has 1 atom stereocenters. The molecule has 0 saturated carbocycles. The first-order valence-corrected chi connectivity index (χ1v) is 7.05. The zero-order valence-electron chi connectivity index (χ0n) is 12.2. The number of carbonyl (C=O) groups is 1. The van der Waals surface area contributed by atoms with Crippen LogP contribution in [-0.4, -0.2) is 29.1 Å². The third-order valence-electron chi connectivity index (χ3n) is 3.22. The summed E-state index contributed by atoms with van der Waals surface area (Å²) < 4.78 is 0. The van der Waals surface area contributed by atoms with E-state index in [0.717, 1.165) is 13.0 Å². The fourth-order valence-electron chi connectivity index (χ4n) is 2.46. The van der Waals surface area contributed by atoms with Gasteiger partial charge in [0.05, 0.1) is 6.42 Å². The topological polar surface area (TPSA) is 40.5 Å². The zero-order chi connectivity index (χ0) is 14.3. The normalized spacial score (nSPS) is 12.9. The molecular weight excluding hydrogens is 238 g/mol. The van der Waals surface area contributed by atoms with E-state index in [2.05, 4.69) is 37.8 Å². The lowest BCUT2D eigenvalue weighted by Gasteiger charge is -2.32. The summed E-state index contributed by atoms with van der Waals surface area (Å²) in [5, 5.41) is 8.89. The molecule has 0 aliphatic rings. The Balaban J connectivity index is 2.82. The van der Waals surface area contributed by atoms with Gasteiger partial charge in [0, 0.05) is 19.1 Å². The van der Waals surface area contributed by atoms with Crippen LogP contribution in [0.3, 0.4) is 0 Å². The molecule has 0 aromatic heterocycles. The van der Waals surface area contributed by atoms with Gasteiger partial charge < -0.3 is 5.11 Å². The largest absolute Gasteiger partial charge is 0.481 e. The third-order valence-corrected chi connectivity index (χ3v) is 3.22. The predicted molar refractivity (Wildman–Crippen MR) is 78.1 cm³/mol. The maximum atomic E-state index is 10.8. The van der Waals surface area contributed by atoms with Gasteiger partial charge in [0.2, 0.25) is 0 Å². The van der Waals surface area contributed by atoms with Crippen LogP contribution in [0, 0.1) is 5.92 Å². The van der Waals surface area contributed by atoms with E-state index in [-0.39, 0.29) is 6.42 Å². The Morgan fingerprint density at radius 2 is 1.89 bits per heavy atom. The molecular formula is C16H25NO2. The van der Waals surface area contributed by atoms with E-state index in [4.69, 9.17) is 5.11 Å². The molecule has 106 valence electrons. The highest BCUT2D eigenvalue weighted by atomic mass is 16.4. The summed E-state index contributed by atoms with van der Waals surface area (Å²) in [4.78, 5) is 13.1. The molecule has 1 aromatic rings. The van der Waals surface area contributed by atoms with Crippen LogP contribution < -0.4 is 0 Å². The highest BCUT2D eigenvalue weighted by Crippen LogP contribution is 2.25. The average molecular weight is 263 g/mol. The van der Waals surface area contributed by atoms with Crippen molar-refractivity contribution in [3.8, 4) is 0 Å². The van der Waals surface area contributed by atoms with Crippen molar-refractivity contribution in [3.63, 3.8) is 0 Å². The number of carboxylic acids is 1. The molecule has 1 N–H and O–H groups in total. The highest BCUT2D eigenvalue weighted by Gasteiger charge is 2.20. The first kappa shape index (κ1) is 15.7. The second-order valence-electron chi connectivity index (χ2n) is 5.37. The number of aliphatic carboxylic acids is 1. The number of hydrogen-bond acceptors (Lipinski definition) is 2. The van der Waals surface area contributed by atoms with E-state index in [1.54, 1.807) is 0 Å². The molecule has 1 rings (SSSR count). The van der Waals surface area contributed by atoms with E-state index < -0.39 is 5.97 Å². The Labute approximate surface area is 116 Å². The standard InChI is InChI=1S/C16H25NO2/c1-4-15(14-8-6-5-7-9-14)17(12-13(2)3)11-10-16(18)19/h5-9,13,15H,4,10-12H2,1-3H3,(H,18,19). The SMILES string of the molecule is CCC(c1ccccc1)N(CCC(=O)O)CC(C)C. The van der Waals surface area contributed by atoms with Gasteiger partial charge in [-0.1, -0.05) is 51.1 Å².